The predicted octanol–water partition coefficient (Wildman–Crippen LogP) is 3.12. The molecule has 0 bridgehead atoms. The number of halogens is 3. The van der Waals surface area contributed by atoms with Gasteiger partial charge in [-0.2, -0.15) is 18.2 Å². The fourth-order valence-corrected chi connectivity index (χ4v) is 1.62. The molecule has 0 spiro atoms. The van der Waals surface area contributed by atoms with Crippen molar-refractivity contribution in [3.8, 4) is 0 Å². The van der Waals surface area contributed by atoms with Crippen LogP contribution in [0.5, 0.6) is 0 Å². The summed E-state index contributed by atoms with van der Waals surface area (Å²) < 4.78 is 38.9. The summed E-state index contributed by atoms with van der Waals surface area (Å²) in [7, 11) is 0. The van der Waals surface area contributed by atoms with Crippen LogP contribution in [0.4, 0.5) is 19.1 Å². The number of alkyl halides is 3. The minimum absolute atomic E-state index is 0.0414. The van der Waals surface area contributed by atoms with Crippen molar-refractivity contribution >= 4 is 11.6 Å². The topological polar surface area (TPSA) is 42.7 Å². The van der Waals surface area contributed by atoms with Crippen molar-refractivity contribution in [1.82, 2.24) is 14.8 Å². The number of nitrogens with one attached hydrogen (secondary N) is 1. The van der Waals surface area contributed by atoms with Crippen LogP contribution in [0.15, 0.2) is 18.4 Å². The van der Waals surface area contributed by atoms with Gasteiger partial charge in [0.15, 0.2) is 0 Å². The van der Waals surface area contributed by atoms with Crippen LogP contribution in [-0.4, -0.2) is 14.8 Å². The van der Waals surface area contributed by atoms with Crippen molar-refractivity contribution in [2.45, 2.75) is 26.9 Å². The van der Waals surface area contributed by atoms with E-state index in [1.165, 1.54) is 4.68 Å². The van der Waals surface area contributed by atoms with Crippen LogP contribution in [0.25, 0.3) is 5.70 Å². The third-order valence-electron chi connectivity index (χ3n) is 2.44. The quantitative estimate of drug-likeness (QED) is 0.777. The Morgan fingerprint density at radius 2 is 1.89 bits per heavy atom. The van der Waals surface area contributed by atoms with Crippen LogP contribution in [-0.2, 0) is 6.18 Å². The van der Waals surface area contributed by atoms with Crippen LogP contribution < -0.4 is 5.32 Å². The monoisotopic (exact) mass is 258 g/mol. The molecule has 0 fully saturated rings. The van der Waals surface area contributed by atoms with Crippen molar-refractivity contribution in [1.29, 1.82) is 0 Å². The number of rotatable bonds is 0. The number of hydrogen-bond acceptors (Lipinski definition) is 3. The zero-order valence-corrected chi connectivity index (χ0v) is 10.3. The zero-order valence-electron chi connectivity index (χ0n) is 10.3. The number of anilines is 1. The van der Waals surface area contributed by atoms with Crippen LogP contribution in [0.1, 0.15) is 26.6 Å². The molecule has 0 aliphatic carbocycles. The Kier molecular flexibility index (Phi) is 2.53. The molecule has 0 amide bonds. The summed E-state index contributed by atoms with van der Waals surface area (Å²) in [5.74, 6) is -1.12. The molecule has 1 aromatic heterocycles. The van der Waals surface area contributed by atoms with E-state index in [0.29, 0.717) is 11.4 Å². The Labute approximate surface area is 102 Å². The van der Waals surface area contributed by atoms with Gasteiger partial charge >= 0.3 is 6.18 Å². The Morgan fingerprint density at radius 3 is 2.39 bits per heavy atom. The third kappa shape index (κ3) is 2.12. The molecule has 2 rings (SSSR count). The normalized spacial score (nSPS) is 16.1. The van der Waals surface area contributed by atoms with Gasteiger partial charge in [0.1, 0.15) is 0 Å². The summed E-state index contributed by atoms with van der Waals surface area (Å²) in [5.41, 5.74) is 0.744. The molecule has 0 aromatic carbocycles. The molecule has 18 heavy (non-hydrogen) atoms. The summed E-state index contributed by atoms with van der Waals surface area (Å²) in [5, 5.41) is 6.19. The number of nitrogens with zero attached hydrogens (tertiary/aromatic N) is 3. The van der Waals surface area contributed by atoms with Crippen molar-refractivity contribution in [2.75, 3.05) is 5.32 Å². The minimum Gasteiger partial charge on any atom is -0.325 e. The lowest BCUT2D eigenvalue weighted by molar-refractivity contribution is -0.144. The minimum atomic E-state index is -4.56. The van der Waals surface area contributed by atoms with Crippen LogP contribution in [0, 0.1) is 5.41 Å². The summed E-state index contributed by atoms with van der Waals surface area (Å²) in [4.78, 5) is 3.45. The second-order valence-corrected chi connectivity index (χ2v) is 5.10. The second-order valence-electron chi connectivity index (χ2n) is 5.10. The van der Waals surface area contributed by atoms with E-state index >= 15 is 0 Å². The summed E-state index contributed by atoms with van der Waals surface area (Å²) >= 11 is 0. The Bertz CT molecular complexity index is 531. The first-order valence-electron chi connectivity index (χ1n) is 5.32. The largest absolute Gasteiger partial charge is 0.453 e. The molecule has 0 saturated carbocycles. The van der Waals surface area contributed by atoms with Gasteiger partial charge in [0.25, 0.3) is 5.82 Å². The van der Waals surface area contributed by atoms with E-state index in [0.717, 1.165) is 0 Å². The van der Waals surface area contributed by atoms with Gasteiger partial charge in [0, 0.05) is 11.1 Å². The van der Waals surface area contributed by atoms with Gasteiger partial charge in [0.05, 0.1) is 5.70 Å². The van der Waals surface area contributed by atoms with Crippen molar-refractivity contribution in [2.24, 2.45) is 5.41 Å². The summed E-state index contributed by atoms with van der Waals surface area (Å²) in [6, 6.07) is 0. The fraction of sp³-hybridized carbons (Fsp3) is 0.455. The van der Waals surface area contributed by atoms with E-state index in [2.05, 4.69) is 22.0 Å². The molecular weight excluding hydrogens is 245 g/mol. The maximum absolute atomic E-state index is 12.6. The Morgan fingerprint density at radius 1 is 1.28 bits per heavy atom. The van der Waals surface area contributed by atoms with Crippen LogP contribution in [0.3, 0.4) is 0 Å². The standard InChI is InChI=1S/C11H13F3N4/c1-6-5-7(10(2,3)4)18-9(15-6)16-8(17-18)11(12,13)14/h5H,1H2,2-4H3,(H,15,16,17). The van der Waals surface area contributed by atoms with E-state index < -0.39 is 12.0 Å². The van der Waals surface area contributed by atoms with E-state index in [9.17, 15) is 13.2 Å². The number of aromatic nitrogens is 3. The van der Waals surface area contributed by atoms with Gasteiger partial charge < -0.3 is 5.32 Å². The second kappa shape index (κ2) is 3.60. The molecule has 1 aliphatic heterocycles. The lowest BCUT2D eigenvalue weighted by Crippen LogP contribution is -2.22. The maximum atomic E-state index is 12.6. The Hall–Kier alpha value is -1.79. The van der Waals surface area contributed by atoms with E-state index in [1.54, 1.807) is 6.08 Å². The number of allylic oxidation sites excluding steroid dienone is 2. The molecule has 1 aliphatic rings. The highest BCUT2D eigenvalue weighted by molar-refractivity contribution is 5.65. The van der Waals surface area contributed by atoms with Gasteiger partial charge in [-0.25, -0.2) is 4.68 Å². The molecule has 2 heterocycles. The van der Waals surface area contributed by atoms with Gasteiger partial charge in [-0.15, -0.1) is 5.10 Å². The number of fused-ring (bicyclic) bond motifs is 1. The highest BCUT2D eigenvalue weighted by Crippen LogP contribution is 2.36. The van der Waals surface area contributed by atoms with Gasteiger partial charge in [-0.3, -0.25) is 0 Å². The van der Waals surface area contributed by atoms with Crippen LogP contribution in [0.2, 0.25) is 0 Å². The summed E-state index contributed by atoms with van der Waals surface area (Å²) in [6.07, 6.45) is -2.89. The van der Waals surface area contributed by atoms with E-state index in [1.807, 2.05) is 20.8 Å². The SMILES string of the molecule is C=C1C=C(C(C)(C)C)n2nc(C(F)(F)F)nc2N1. The van der Waals surface area contributed by atoms with Crippen molar-refractivity contribution in [3.63, 3.8) is 0 Å². The summed E-state index contributed by atoms with van der Waals surface area (Å²) in [6.45, 7) is 9.35. The average Bonchev–Trinajstić information content (AvgIpc) is 2.57. The first-order valence-corrected chi connectivity index (χ1v) is 5.32. The smallest absolute Gasteiger partial charge is 0.325 e. The van der Waals surface area contributed by atoms with Gasteiger partial charge in [-0.1, -0.05) is 27.4 Å². The fourth-order valence-electron chi connectivity index (χ4n) is 1.62. The molecule has 1 N–H and O–H groups in total. The molecule has 0 saturated heterocycles. The molecule has 1 aromatic rings. The first kappa shape index (κ1) is 12.7. The average molecular weight is 258 g/mol. The number of hydrogen-bond donors (Lipinski definition) is 1. The lowest BCUT2D eigenvalue weighted by Gasteiger charge is -2.27. The van der Waals surface area contributed by atoms with Crippen LogP contribution >= 0.6 is 0 Å². The maximum Gasteiger partial charge on any atom is 0.453 e. The van der Waals surface area contributed by atoms with E-state index in [-0.39, 0.29) is 11.4 Å². The van der Waals surface area contributed by atoms with E-state index in [4.69, 9.17) is 0 Å². The predicted molar refractivity (Wildman–Crippen MR) is 61.5 cm³/mol. The Balaban J connectivity index is 2.57. The molecule has 98 valence electrons. The zero-order chi connectivity index (χ0) is 13.7. The molecule has 0 radical (unpaired) electrons. The van der Waals surface area contributed by atoms with Crippen molar-refractivity contribution < 1.29 is 13.2 Å². The molecule has 4 nitrogen and oxygen atoms in total. The molecule has 0 atom stereocenters. The molecule has 7 heteroatoms. The third-order valence-corrected chi connectivity index (χ3v) is 2.44. The molecule has 0 unspecified atom stereocenters. The highest BCUT2D eigenvalue weighted by Gasteiger charge is 2.39. The molecular formula is C11H13F3N4. The van der Waals surface area contributed by atoms with Gasteiger partial charge in [-0.05, 0) is 6.08 Å². The van der Waals surface area contributed by atoms with Gasteiger partial charge in [0.2, 0.25) is 5.95 Å². The lowest BCUT2D eigenvalue weighted by atomic mass is 9.91. The first-order chi connectivity index (χ1) is 8.09. The van der Waals surface area contributed by atoms with Crippen molar-refractivity contribution in [3.05, 3.63) is 24.2 Å². The highest BCUT2D eigenvalue weighted by atomic mass is 19.4.